The van der Waals surface area contributed by atoms with E-state index in [1.807, 2.05) is 13.2 Å². The van der Waals surface area contributed by atoms with Crippen LogP contribution in [-0.4, -0.2) is 15.8 Å². The summed E-state index contributed by atoms with van der Waals surface area (Å²) in [6.45, 7) is 0.438. The van der Waals surface area contributed by atoms with Gasteiger partial charge < -0.3 is 10.6 Å². The van der Waals surface area contributed by atoms with Gasteiger partial charge in [0.15, 0.2) is 0 Å². The summed E-state index contributed by atoms with van der Waals surface area (Å²) in [6.07, 6.45) is 3.56. The van der Waals surface area contributed by atoms with Gasteiger partial charge in [-0.2, -0.15) is 5.10 Å². The van der Waals surface area contributed by atoms with Crippen molar-refractivity contribution < 1.29 is 4.79 Å². The van der Waals surface area contributed by atoms with Gasteiger partial charge in [-0.25, -0.2) is 4.79 Å². The van der Waals surface area contributed by atoms with Gasteiger partial charge in [0.25, 0.3) is 0 Å². The number of aryl methyl sites for hydroxylation is 1. The largest absolute Gasteiger partial charge is 0.334 e. The predicted molar refractivity (Wildman–Crippen MR) is 70.5 cm³/mol. The summed E-state index contributed by atoms with van der Waals surface area (Å²) in [5.74, 6) is 0. The van der Waals surface area contributed by atoms with E-state index < -0.39 is 0 Å². The summed E-state index contributed by atoms with van der Waals surface area (Å²) < 4.78 is 1.69. The van der Waals surface area contributed by atoms with Crippen molar-refractivity contribution in [2.75, 3.05) is 5.32 Å². The van der Waals surface area contributed by atoms with E-state index in [4.69, 9.17) is 11.6 Å². The normalized spacial score (nSPS) is 10.1. The highest BCUT2D eigenvalue weighted by molar-refractivity contribution is 6.30. The first-order valence-electron chi connectivity index (χ1n) is 5.41. The molecular weight excluding hydrogens is 252 g/mol. The Bertz CT molecular complexity index is 535. The Morgan fingerprint density at radius 1 is 1.39 bits per heavy atom. The van der Waals surface area contributed by atoms with Gasteiger partial charge in [-0.05, 0) is 24.3 Å². The van der Waals surface area contributed by atoms with Crippen LogP contribution in [-0.2, 0) is 13.6 Å². The van der Waals surface area contributed by atoms with Crippen LogP contribution in [0.1, 0.15) is 5.56 Å². The van der Waals surface area contributed by atoms with Crippen molar-refractivity contribution in [2.45, 2.75) is 6.54 Å². The number of benzene rings is 1. The monoisotopic (exact) mass is 264 g/mol. The average Bonchev–Trinajstić information content (AvgIpc) is 2.76. The van der Waals surface area contributed by atoms with E-state index in [2.05, 4.69) is 15.7 Å². The molecule has 94 valence electrons. The maximum absolute atomic E-state index is 11.6. The highest BCUT2D eigenvalue weighted by atomic mass is 35.5. The molecule has 0 aliphatic heterocycles. The molecule has 0 fully saturated rings. The fraction of sp³-hybridized carbons (Fsp3) is 0.167. The van der Waals surface area contributed by atoms with Crippen LogP contribution in [0.4, 0.5) is 10.5 Å². The van der Waals surface area contributed by atoms with Crippen molar-refractivity contribution in [1.82, 2.24) is 15.1 Å². The van der Waals surface area contributed by atoms with Gasteiger partial charge in [0.2, 0.25) is 0 Å². The van der Waals surface area contributed by atoms with E-state index in [1.54, 1.807) is 35.1 Å². The van der Waals surface area contributed by atoms with Crippen LogP contribution in [0.3, 0.4) is 0 Å². The van der Waals surface area contributed by atoms with Crippen molar-refractivity contribution in [1.29, 1.82) is 0 Å². The van der Waals surface area contributed by atoms with Crippen LogP contribution in [0, 0.1) is 0 Å². The second kappa shape index (κ2) is 5.55. The number of urea groups is 1. The van der Waals surface area contributed by atoms with E-state index in [-0.39, 0.29) is 6.03 Å². The SMILES string of the molecule is Cn1cc(CNC(=O)Nc2ccc(Cl)cc2)cn1. The highest BCUT2D eigenvalue weighted by Crippen LogP contribution is 2.13. The van der Waals surface area contributed by atoms with Crippen molar-refractivity contribution in [2.24, 2.45) is 7.05 Å². The second-order valence-corrected chi connectivity index (χ2v) is 4.27. The minimum absolute atomic E-state index is 0.263. The molecule has 2 N–H and O–H groups in total. The quantitative estimate of drug-likeness (QED) is 0.894. The first-order chi connectivity index (χ1) is 8.63. The van der Waals surface area contributed by atoms with Crippen LogP contribution in [0.5, 0.6) is 0 Å². The Morgan fingerprint density at radius 2 is 2.11 bits per heavy atom. The number of rotatable bonds is 3. The molecule has 0 saturated carbocycles. The lowest BCUT2D eigenvalue weighted by Gasteiger charge is -2.06. The first kappa shape index (κ1) is 12.4. The van der Waals surface area contributed by atoms with Crippen molar-refractivity contribution >= 4 is 23.3 Å². The van der Waals surface area contributed by atoms with Crippen molar-refractivity contribution in [3.05, 3.63) is 47.2 Å². The molecule has 5 nitrogen and oxygen atoms in total. The van der Waals surface area contributed by atoms with E-state index in [0.29, 0.717) is 17.3 Å². The minimum atomic E-state index is -0.263. The number of aromatic nitrogens is 2. The Balaban J connectivity index is 1.83. The predicted octanol–water partition coefficient (Wildman–Crippen LogP) is 2.40. The molecule has 1 heterocycles. The summed E-state index contributed by atoms with van der Waals surface area (Å²) in [5.41, 5.74) is 1.65. The second-order valence-electron chi connectivity index (χ2n) is 3.84. The lowest BCUT2D eigenvalue weighted by Crippen LogP contribution is -2.27. The van der Waals surface area contributed by atoms with E-state index in [0.717, 1.165) is 5.56 Å². The Morgan fingerprint density at radius 3 is 2.72 bits per heavy atom. The van der Waals surface area contributed by atoms with E-state index in [9.17, 15) is 4.79 Å². The molecule has 1 aromatic heterocycles. The molecule has 6 heteroatoms. The molecule has 2 aromatic rings. The third-order valence-electron chi connectivity index (χ3n) is 2.31. The smallest absolute Gasteiger partial charge is 0.319 e. The van der Waals surface area contributed by atoms with Gasteiger partial charge in [-0.1, -0.05) is 11.6 Å². The van der Waals surface area contributed by atoms with Gasteiger partial charge in [-0.15, -0.1) is 0 Å². The molecule has 0 aliphatic carbocycles. The molecule has 0 radical (unpaired) electrons. The molecule has 2 amide bonds. The molecule has 0 unspecified atom stereocenters. The Labute approximate surface area is 110 Å². The molecule has 2 rings (SSSR count). The summed E-state index contributed by atoms with van der Waals surface area (Å²) >= 11 is 5.75. The number of hydrogen-bond acceptors (Lipinski definition) is 2. The van der Waals surface area contributed by atoms with E-state index >= 15 is 0 Å². The van der Waals surface area contributed by atoms with Crippen LogP contribution in [0.15, 0.2) is 36.7 Å². The minimum Gasteiger partial charge on any atom is -0.334 e. The van der Waals surface area contributed by atoms with Crippen LogP contribution in [0.25, 0.3) is 0 Å². The molecule has 0 spiro atoms. The van der Waals surface area contributed by atoms with Gasteiger partial charge in [-0.3, -0.25) is 4.68 Å². The number of carbonyl (C=O) groups is 1. The zero-order valence-electron chi connectivity index (χ0n) is 9.85. The van der Waals surface area contributed by atoms with Gasteiger partial charge in [0, 0.05) is 36.1 Å². The number of halogens is 1. The van der Waals surface area contributed by atoms with Crippen LogP contribution in [0.2, 0.25) is 5.02 Å². The van der Waals surface area contributed by atoms with Crippen molar-refractivity contribution in [3.63, 3.8) is 0 Å². The summed E-state index contributed by atoms with van der Waals surface area (Å²) in [4.78, 5) is 11.6. The summed E-state index contributed by atoms with van der Waals surface area (Å²) in [6, 6.07) is 6.66. The summed E-state index contributed by atoms with van der Waals surface area (Å²) in [7, 11) is 1.83. The third kappa shape index (κ3) is 3.49. The topological polar surface area (TPSA) is 59.0 Å². The molecule has 1 aromatic carbocycles. The fourth-order valence-corrected chi connectivity index (χ4v) is 1.58. The highest BCUT2D eigenvalue weighted by Gasteiger charge is 2.02. The first-order valence-corrected chi connectivity index (χ1v) is 5.79. The molecule has 18 heavy (non-hydrogen) atoms. The zero-order chi connectivity index (χ0) is 13.0. The summed E-state index contributed by atoms with van der Waals surface area (Å²) in [5, 5.41) is 10.1. The van der Waals surface area contributed by atoms with Gasteiger partial charge in [0.05, 0.1) is 6.20 Å². The molecular formula is C12H13ClN4O. The maximum atomic E-state index is 11.6. The lowest BCUT2D eigenvalue weighted by atomic mass is 10.3. The maximum Gasteiger partial charge on any atom is 0.319 e. The number of amides is 2. The van der Waals surface area contributed by atoms with Gasteiger partial charge >= 0.3 is 6.03 Å². The molecule has 0 atom stereocenters. The van der Waals surface area contributed by atoms with E-state index in [1.165, 1.54) is 0 Å². The fourth-order valence-electron chi connectivity index (χ4n) is 1.45. The number of nitrogens with one attached hydrogen (secondary N) is 2. The average molecular weight is 265 g/mol. The lowest BCUT2D eigenvalue weighted by molar-refractivity contribution is 0.251. The third-order valence-corrected chi connectivity index (χ3v) is 2.57. The Kier molecular flexibility index (Phi) is 3.84. The number of carbonyl (C=O) groups excluding carboxylic acids is 1. The van der Waals surface area contributed by atoms with Crippen molar-refractivity contribution in [3.8, 4) is 0 Å². The van der Waals surface area contributed by atoms with Crippen LogP contribution < -0.4 is 10.6 Å². The Hall–Kier alpha value is -2.01. The zero-order valence-corrected chi connectivity index (χ0v) is 10.6. The van der Waals surface area contributed by atoms with Crippen LogP contribution >= 0.6 is 11.6 Å². The standard InChI is InChI=1S/C12H13ClN4O/c1-17-8-9(7-15-17)6-14-12(18)16-11-4-2-10(13)3-5-11/h2-5,7-8H,6H2,1H3,(H2,14,16,18). The number of anilines is 1. The molecule has 0 aliphatic rings. The number of nitrogens with zero attached hydrogens (tertiary/aromatic N) is 2. The molecule has 0 bridgehead atoms. The van der Waals surface area contributed by atoms with Gasteiger partial charge in [0.1, 0.15) is 0 Å². The molecule has 0 saturated heterocycles. The number of hydrogen-bond donors (Lipinski definition) is 2.